The largest absolute Gasteiger partial charge is 0.494 e. The van der Waals surface area contributed by atoms with Gasteiger partial charge in [0.2, 0.25) is 5.95 Å². The number of aromatic nitrogens is 2. The van der Waals surface area contributed by atoms with Crippen molar-refractivity contribution in [2.45, 2.75) is 39.5 Å². The van der Waals surface area contributed by atoms with Crippen LogP contribution in [0.2, 0.25) is 0 Å². The van der Waals surface area contributed by atoms with E-state index in [1.54, 1.807) is 6.20 Å². The molecular weight excluding hydrogens is 276 g/mol. The second kappa shape index (κ2) is 7.64. The molecule has 0 radical (unpaired) electrons. The highest BCUT2D eigenvalue weighted by Crippen LogP contribution is 2.21. The summed E-state index contributed by atoms with van der Waals surface area (Å²) in [7, 11) is 0. The van der Waals surface area contributed by atoms with Gasteiger partial charge < -0.3 is 16.2 Å². The number of anilines is 2. The van der Waals surface area contributed by atoms with Gasteiger partial charge in [0.05, 0.1) is 6.61 Å². The molecule has 4 N–H and O–H groups in total. The average Bonchev–Trinajstić information content (AvgIpc) is 2.49. The minimum absolute atomic E-state index is 0.226. The molecule has 0 saturated carbocycles. The number of hydrogen-bond donors (Lipinski definition) is 2. The summed E-state index contributed by atoms with van der Waals surface area (Å²) in [5, 5.41) is 0. The quantitative estimate of drug-likeness (QED) is 0.768. The van der Waals surface area contributed by atoms with E-state index in [1.165, 1.54) is 11.1 Å². The zero-order valence-electron chi connectivity index (χ0n) is 13.3. The topological polar surface area (TPSA) is 87.0 Å². The Labute approximate surface area is 131 Å². The van der Waals surface area contributed by atoms with Gasteiger partial charge in [0.15, 0.2) is 0 Å². The first-order valence-corrected chi connectivity index (χ1v) is 7.69. The Morgan fingerprint density at radius 2 is 1.91 bits per heavy atom. The molecule has 5 heteroatoms. The third kappa shape index (κ3) is 4.35. The molecule has 1 aromatic carbocycles. The van der Waals surface area contributed by atoms with Crippen LogP contribution in [0.5, 0.6) is 5.75 Å². The van der Waals surface area contributed by atoms with Gasteiger partial charge in [-0.15, -0.1) is 0 Å². The van der Waals surface area contributed by atoms with Gasteiger partial charge >= 0.3 is 0 Å². The lowest BCUT2D eigenvalue weighted by molar-refractivity contribution is 0.337. The fraction of sp³-hybridized carbons (Fsp3) is 0.412. The number of hydrogen-bond acceptors (Lipinski definition) is 5. The predicted octanol–water partition coefficient (Wildman–Crippen LogP) is 2.91. The molecule has 0 fully saturated rings. The summed E-state index contributed by atoms with van der Waals surface area (Å²) in [6, 6.07) is 6.42. The molecule has 2 rings (SSSR count). The third-order valence-corrected chi connectivity index (χ3v) is 3.63. The van der Waals surface area contributed by atoms with Gasteiger partial charge in [-0.25, -0.2) is 4.98 Å². The van der Waals surface area contributed by atoms with E-state index >= 15 is 0 Å². The highest BCUT2D eigenvalue weighted by Gasteiger charge is 2.04. The molecule has 22 heavy (non-hydrogen) atoms. The zero-order chi connectivity index (χ0) is 15.9. The van der Waals surface area contributed by atoms with Crippen LogP contribution in [0.3, 0.4) is 0 Å². The van der Waals surface area contributed by atoms with Gasteiger partial charge in [0.25, 0.3) is 0 Å². The van der Waals surface area contributed by atoms with Crippen molar-refractivity contribution in [3.63, 3.8) is 0 Å². The Morgan fingerprint density at radius 1 is 1.14 bits per heavy atom. The Balaban J connectivity index is 1.85. The van der Waals surface area contributed by atoms with E-state index in [2.05, 4.69) is 35.1 Å². The minimum atomic E-state index is 0.226. The first-order valence-electron chi connectivity index (χ1n) is 7.69. The molecule has 118 valence electrons. The van der Waals surface area contributed by atoms with Crippen molar-refractivity contribution in [2.24, 2.45) is 0 Å². The maximum atomic E-state index is 5.84. The van der Waals surface area contributed by atoms with E-state index in [1.807, 2.05) is 6.92 Å². The van der Waals surface area contributed by atoms with Crippen LogP contribution in [0.4, 0.5) is 11.8 Å². The highest BCUT2D eigenvalue weighted by atomic mass is 16.5. The van der Waals surface area contributed by atoms with Crippen LogP contribution in [0, 0.1) is 6.92 Å². The standard InChI is InChI=1S/C17H24N4O/c1-3-22-15-10-13(9-8-12(15)2)6-4-5-7-14-11-20-17(19)21-16(14)18/h8-11H,3-7H2,1-2H3,(H4,18,19,20,21). The van der Waals surface area contributed by atoms with Crippen LogP contribution in [0.1, 0.15) is 36.5 Å². The summed E-state index contributed by atoms with van der Waals surface area (Å²) < 4.78 is 5.63. The fourth-order valence-electron chi connectivity index (χ4n) is 2.38. The molecule has 0 unspecified atom stereocenters. The smallest absolute Gasteiger partial charge is 0.221 e. The molecule has 0 aliphatic heterocycles. The third-order valence-electron chi connectivity index (χ3n) is 3.63. The first-order chi connectivity index (χ1) is 10.6. The summed E-state index contributed by atoms with van der Waals surface area (Å²) in [5.41, 5.74) is 14.8. The summed E-state index contributed by atoms with van der Waals surface area (Å²) in [6.45, 7) is 4.77. The Morgan fingerprint density at radius 3 is 2.64 bits per heavy atom. The molecule has 0 amide bonds. The molecule has 0 atom stereocenters. The average molecular weight is 300 g/mol. The van der Waals surface area contributed by atoms with Crippen molar-refractivity contribution in [2.75, 3.05) is 18.1 Å². The normalized spacial score (nSPS) is 10.6. The fourth-order valence-corrected chi connectivity index (χ4v) is 2.38. The van der Waals surface area contributed by atoms with E-state index < -0.39 is 0 Å². The number of nitrogen functional groups attached to an aromatic ring is 2. The van der Waals surface area contributed by atoms with Gasteiger partial charge in [-0.3, -0.25) is 0 Å². The first kappa shape index (κ1) is 16.1. The lowest BCUT2D eigenvalue weighted by Crippen LogP contribution is -2.03. The lowest BCUT2D eigenvalue weighted by atomic mass is 10.0. The van der Waals surface area contributed by atoms with Crippen LogP contribution < -0.4 is 16.2 Å². The van der Waals surface area contributed by atoms with Gasteiger partial charge in [-0.05, 0) is 56.7 Å². The molecule has 0 aliphatic carbocycles. The molecule has 1 aromatic heterocycles. The lowest BCUT2D eigenvalue weighted by Gasteiger charge is -2.09. The van der Waals surface area contributed by atoms with Crippen molar-refractivity contribution in [1.82, 2.24) is 9.97 Å². The second-order valence-corrected chi connectivity index (χ2v) is 5.38. The van der Waals surface area contributed by atoms with Crippen molar-refractivity contribution in [3.05, 3.63) is 41.1 Å². The predicted molar refractivity (Wildman–Crippen MR) is 89.8 cm³/mol. The number of ether oxygens (including phenoxy) is 1. The zero-order valence-corrected chi connectivity index (χ0v) is 13.3. The van der Waals surface area contributed by atoms with E-state index in [4.69, 9.17) is 16.2 Å². The van der Waals surface area contributed by atoms with Gasteiger partial charge in [0.1, 0.15) is 11.6 Å². The van der Waals surface area contributed by atoms with Crippen molar-refractivity contribution in [1.29, 1.82) is 0 Å². The molecule has 0 bridgehead atoms. The molecule has 5 nitrogen and oxygen atoms in total. The molecular formula is C17H24N4O. The van der Waals surface area contributed by atoms with Crippen LogP contribution in [0.25, 0.3) is 0 Å². The van der Waals surface area contributed by atoms with Gasteiger partial charge in [-0.2, -0.15) is 4.98 Å². The maximum Gasteiger partial charge on any atom is 0.221 e. The highest BCUT2D eigenvalue weighted by molar-refractivity contribution is 5.41. The number of rotatable bonds is 7. The van der Waals surface area contributed by atoms with E-state index in [-0.39, 0.29) is 5.95 Å². The summed E-state index contributed by atoms with van der Waals surface area (Å²) >= 11 is 0. The SMILES string of the molecule is CCOc1cc(CCCCc2cnc(N)nc2N)ccc1C. The van der Waals surface area contributed by atoms with Crippen LogP contribution in [-0.4, -0.2) is 16.6 Å². The number of unbranched alkanes of at least 4 members (excludes halogenated alkanes) is 1. The van der Waals surface area contributed by atoms with Crippen molar-refractivity contribution in [3.8, 4) is 5.75 Å². The van der Waals surface area contributed by atoms with Gasteiger partial charge in [0, 0.05) is 11.8 Å². The molecule has 0 saturated heterocycles. The monoisotopic (exact) mass is 300 g/mol. The number of nitrogens with zero attached hydrogens (tertiary/aromatic N) is 2. The number of benzene rings is 1. The number of nitrogens with two attached hydrogens (primary N) is 2. The molecule has 1 heterocycles. The minimum Gasteiger partial charge on any atom is -0.494 e. The van der Waals surface area contributed by atoms with Crippen LogP contribution in [0.15, 0.2) is 24.4 Å². The second-order valence-electron chi connectivity index (χ2n) is 5.38. The molecule has 0 spiro atoms. The van der Waals surface area contributed by atoms with Gasteiger partial charge in [-0.1, -0.05) is 12.1 Å². The van der Waals surface area contributed by atoms with E-state index in [0.717, 1.165) is 37.0 Å². The van der Waals surface area contributed by atoms with E-state index in [0.29, 0.717) is 12.4 Å². The molecule has 0 aliphatic rings. The Bertz CT molecular complexity index is 628. The van der Waals surface area contributed by atoms with E-state index in [9.17, 15) is 0 Å². The summed E-state index contributed by atoms with van der Waals surface area (Å²) in [5.74, 6) is 1.70. The molecule has 2 aromatic rings. The van der Waals surface area contributed by atoms with Crippen LogP contribution in [-0.2, 0) is 12.8 Å². The Hall–Kier alpha value is -2.30. The van der Waals surface area contributed by atoms with Crippen molar-refractivity contribution < 1.29 is 4.74 Å². The Kier molecular flexibility index (Phi) is 5.58. The van der Waals surface area contributed by atoms with Crippen LogP contribution >= 0.6 is 0 Å². The summed E-state index contributed by atoms with van der Waals surface area (Å²) in [6.07, 6.45) is 5.73. The summed E-state index contributed by atoms with van der Waals surface area (Å²) in [4.78, 5) is 7.97. The number of aryl methyl sites for hydroxylation is 3. The van der Waals surface area contributed by atoms with Crippen molar-refractivity contribution >= 4 is 11.8 Å². The maximum absolute atomic E-state index is 5.84.